The molecule has 1 saturated heterocycles. The third-order valence-corrected chi connectivity index (χ3v) is 5.81. The zero-order valence-corrected chi connectivity index (χ0v) is 18.2. The van der Waals surface area contributed by atoms with Crippen LogP contribution in [0, 0.1) is 5.92 Å². The molecule has 0 aliphatic carbocycles. The number of aromatic nitrogens is 2. The zero-order valence-electron chi connectivity index (χ0n) is 18.2. The largest absolute Gasteiger partial charge is 0.462 e. The molecule has 0 radical (unpaired) electrons. The predicted molar refractivity (Wildman–Crippen MR) is 121 cm³/mol. The van der Waals surface area contributed by atoms with Crippen LogP contribution < -0.4 is 5.32 Å². The molecule has 2 amide bonds. The summed E-state index contributed by atoms with van der Waals surface area (Å²) in [5.41, 5.74) is 3.51. The molecule has 3 aromatic rings. The number of urea groups is 1. The highest BCUT2D eigenvalue weighted by molar-refractivity contribution is 6.00. The van der Waals surface area contributed by atoms with Crippen LogP contribution in [0.25, 0.3) is 11.0 Å². The van der Waals surface area contributed by atoms with E-state index in [1.54, 1.807) is 42.4 Å². The number of benzene rings is 2. The normalized spacial score (nSPS) is 14.4. The average molecular weight is 434 g/mol. The maximum absolute atomic E-state index is 13.0. The molecular formula is C24H26N4O4. The molecule has 0 saturated carbocycles. The quantitative estimate of drug-likeness (QED) is 0.486. The topological polar surface area (TPSA) is 93.5 Å². The average Bonchev–Trinajstić information content (AvgIpc) is 3.19. The molecule has 1 N–H and O–H groups in total. The Kier molecular flexibility index (Phi) is 6.20. The molecule has 0 spiro atoms. The molecule has 1 aromatic heterocycles. The van der Waals surface area contributed by atoms with E-state index in [-0.39, 0.29) is 23.7 Å². The molecule has 0 atom stereocenters. The number of nitrogens with one attached hydrogen (secondary N) is 1. The monoisotopic (exact) mass is 434 g/mol. The third-order valence-electron chi connectivity index (χ3n) is 5.81. The van der Waals surface area contributed by atoms with Gasteiger partial charge in [0.1, 0.15) is 0 Å². The van der Waals surface area contributed by atoms with Crippen LogP contribution in [0.4, 0.5) is 10.5 Å². The van der Waals surface area contributed by atoms with E-state index in [9.17, 15) is 14.4 Å². The van der Waals surface area contributed by atoms with Crippen molar-refractivity contribution in [3.8, 4) is 0 Å². The number of esters is 1. The second kappa shape index (κ2) is 9.21. The van der Waals surface area contributed by atoms with Crippen molar-refractivity contribution in [2.45, 2.75) is 19.8 Å². The van der Waals surface area contributed by atoms with Gasteiger partial charge in [-0.3, -0.25) is 4.79 Å². The Bertz CT molecular complexity index is 1140. The molecule has 1 aliphatic rings. The lowest BCUT2D eigenvalue weighted by Gasteiger charge is -2.31. The lowest BCUT2D eigenvalue weighted by Crippen LogP contribution is -2.42. The Morgan fingerprint density at radius 3 is 2.44 bits per heavy atom. The molecule has 32 heavy (non-hydrogen) atoms. The fourth-order valence-electron chi connectivity index (χ4n) is 3.98. The highest BCUT2D eigenvalue weighted by Crippen LogP contribution is 2.24. The molecule has 2 heterocycles. The first kappa shape index (κ1) is 21.5. The Labute approximate surface area is 186 Å². The lowest BCUT2D eigenvalue weighted by molar-refractivity contribution is 0.0526. The number of fused-ring (bicyclic) bond motifs is 1. The number of amides is 2. The van der Waals surface area contributed by atoms with Gasteiger partial charge in [0.25, 0.3) is 0 Å². The lowest BCUT2D eigenvalue weighted by atomic mass is 9.89. The van der Waals surface area contributed by atoms with Gasteiger partial charge in [-0.2, -0.15) is 0 Å². The third kappa shape index (κ3) is 4.49. The van der Waals surface area contributed by atoms with Crippen LogP contribution in [-0.2, 0) is 11.8 Å². The van der Waals surface area contributed by atoms with Gasteiger partial charge in [0.05, 0.1) is 29.5 Å². The maximum atomic E-state index is 13.0. The van der Waals surface area contributed by atoms with E-state index < -0.39 is 0 Å². The van der Waals surface area contributed by atoms with Crippen LogP contribution in [0.5, 0.6) is 0 Å². The van der Waals surface area contributed by atoms with Crippen molar-refractivity contribution in [3.05, 3.63) is 59.9 Å². The standard InChI is InChI=1S/C24H26N4O4/c1-3-32-23(30)17-4-7-19(8-5-17)26-24(31)28-12-10-16(11-13-28)22(29)18-6-9-21-20(14-18)25-15-27(21)2/h4-9,14-16H,3,10-13H2,1-2H3,(H,26,31). The number of ether oxygens (including phenoxy) is 1. The molecule has 8 nitrogen and oxygen atoms in total. The van der Waals surface area contributed by atoms with E-state index in [1.807, 2.05) is 29.8 Å². The number of aryl methyl sites for hydroxylation is 1. The predicted octanol–water partition coefficient (Wildman–Crippen LogP) is 3.88. The van der Waals surface area contributed by atoms with Crippen LogP contribution in [0.2, 0.25) is 0 Å². The second-order valence-electron chi connectivity index (χ2n) is 7.91. The first-order chi connectivity index (χ1) is 15.5. The number of Topliss-reactive ketones (excluding diaryl/α,β-unsaturated/α-hetero) is 1. The summed E-state index contributed by atoms with van der Waals surface area (Å²) in [6, 6.07) is 12.0. The van der Waals surface area contributed by atoms with Crippen molar-refractivity contribution in [1.82, 2.24) is 14.5 Å². The smallest absolute Gasteiger partial charge is 0.338 e. The van der Waals surface area contributed by atoms with Crippen LogP contribution in [0.3, 0.4) is 0 Å². The van der Waals surface area contributed by atoms with Crippen LogP contribution in [0.15, 0.2) is 48.8 Å². The van der Waals surface area contributed by atoms with Crippen LogP contribution in [-0.4, -0.2) is 51.9 Å². The number of rotatable bonds is 5. The molecule has 166 valence electrons. The first-order valence-electron chi connectivity index (χ1n) is 10.7. The van der Waals surface area contributed by atoms with Crippen molar-refractivity contribution >= 4 is 34.5 Å². The molecular weight excluding hydrogens is 408 g/mol. The minimum atomic E-state index is -0.390. The van der Waals surface area contributed by atoms with Gasteiger partial charge < -0.3 is 19.5 Å². The molecule has 4 rings (SSSR count). The van der Waals surface area contributed by atoms with Gasteiger partial charge in [-0.05, 0) is 62.2 Å². The number of carbonyl (C=O) groups excluding carboxylic acids is 3. The van der Waals surface area contributed by atoms with Crippen molar-refractivity contribution in [1.29, 1.82) is 0 Å². The summed E-state index contributed by atoms with van der Waals surface area (Å²) >= 11 is 0. The summed E-state index contributed by atoms with van der Waals surface area (Å²) in [5, 5.41) is 2.85. The number of piperidine rings is 1. The number of anilines is 1. The van der Waals surface area contributed by atoms with Crippen molar-refractivity contribution in [2.75, 3.05) is 25.0 Å². The summed E-state index contributed by atoms with van der Waals surface area (Å²) in [6.45, 7) is 3.08. The molecule has 1 aliphatic heterocycles. The highest BCUT2D eigenvalue weighted by Gasteiger charge is 2.28. The minimum absolute atomic E-state index is 0.104. The Morgan fingerprint density at radius 2 is 1.75 bits per heavy atom. The number of carbonyl (C=O) groups is 3. The molecule has 2 aromatic carbocycles. The number of hydrogen-bond donors (Lipinski definition) is 1. The number of imidazole rings is 1. The van der Waals surface area contributed by atoms with Gasteiger partial charge in [0.2, 0.25) is 0 Å². The fourth-order valence-corrected chi connectivity index (χ4v) is 3.98. The summed E-state index contributed by atoms with van der Waals surface area (Å²) in [4.78, 5) is 43.3. The molecule has 0 bridgehead atoms. The second-order valence-corrected chi connectivity index (χ2v) is 7.91. The summed E-state index contributed by atoms with van der Waals surface area (Å²) in [5.74, 6) is -0.393. The summed E-state index contributed by atoms with van der Waals surface area (Å²) < 4.78 is 6.88. The maximum Gasteiger partial charge on any atom is 0.338 e. The summed E-state index contributed by atoms with van der Waals surface area (Å²) in [7, 11) is 1.92. The molecule has 1 fully saturated rings. The van der Waals surface area contributed by atoms with E-state index in [4.69, 9.17) is 4.74 Å². The van der Waals surface area contributed by atoms with Gasteiger partial charge >= 0.3 is 12.0 Å². The number of ketones is 1. The van der Waals surface area contributed by atoms with Crippen molar-refractivity contribution in [2.24, 2.45) is 13.0 Å². The van der Waals surface area contributed by atoms with Crippen LogP contribution in [0.1, 0.15) is 40.5 Å². The van der Waals surface area contributed by atoms with Crippen LogP contribution >= 0.6 is 0 Å². The van der Waals surface area contributed by atoms with E-state index in [0.29, 0.717) is 49.4 Å². The minimum Gasteiger partial charge on any atom is -0.462 e. The van der Waals surface area contributed by atoms with Gasteiger partial charge in [0.15, 0.2) is 5.78 Å². The van der Waals surface area contributed by atoms with Gasteiger partial charge in [-0.15, -0.1) is 0 Å². The van der Waals surface area contributed by atoms with Crippen molar-refractivity contribution in [3.63, 3.8) is 0 Å². The number of likely N-dealkylation sites (tertiary alicyclic amines) is 1. The Hall–Kier alpha value is -3.68. The van der Waals surface area contributed by atoms with E-state index >= 15 is 0 Å². The number of nitrogens with zero attached hydrogens (tertiary/aromatic N) is 3. The molecule has 8 heteroatoms. The van der Waals surface area contributed by atoms with E-state index in [0.717, 1.165) is 11.0 Å². The zero-order chi connectivity index (χ0) is 22.7. The Morgan fingerprint density at radius 1 is 1.06 bits per heavy atom. The number of hydrogen-bond acceptors (Lipinski definition) is 5. The summed E-state index contributed by atoms with van der Waals surface area (Å²) in [6.07, 6.45) is 2.98. The Balaban J connectivity index is 1.32. The van der Waals surface area contributed by atoms with Gasteiger partial charge in [-0.25, -0.2) is 14.6 Å². The fraction of sp³-hybridized carbons (Fsp3) is 0.333. The van der Waals surface area contributed by atoms with Gasteiger partial charge in [-0.1, -0.05) is 0 Å². The van der Waals surface area contributed by atoms with Gasteiger partial charge in [0, 0.05) is 37.3 Å². The highest BCUT2D eigenvalue weighted by atomic mass is 16.5. The molecule has 0 unspecified atom stereocenters. The van der Waals surface area contributed by atoms with E-state index in [1.165, 1.54) is 0 Å². The van der Waals surface area contributed by atoms with Crippen molar-refractivity contribution < 1.29 is 19.1 Å². The van der Waals surface area contributed by atoms with E-state index in [2.05, 4.69) is 10.3 Å². The SMILES string of the molecule is CCOC(=O)c1ccc(NC(=O)N2CCC(C(=O)c3ccc4c(c3)ncn4C)CC2)cc1. The first-order valence-corrected chi connectivity index (χ1v) is 10.7.